The molecule has 0 saturated carbocycles. The van der Waals surface area contributed by atoms with E-state index >= 15 is 0 Å². The highest BCUT2D eigenvalue weighted by Gasteiger charge is 2.22. The van der Waals surface area contributed by atoms with Gasteiger partial charge in [0.15, 0.2) is 5.65 Å². The molecule has 1 amide bonds. The summed E-state index contributed by atoms with van der Waals surface area (Å²) in [5, 5.41) is 8.36. The molecule has 1 N–H and O–H groups in total. The third-order valence-corrected chi connectivity index (χ3v) is 7.09. The summed E-state index contributed by atoms with van der Waals surface area (Å²) < 4.78 is 2.69. The average Bonchev–Trinajstić information content (AvgIpc) is 3.31. The van der Waals surface area contributed by atoms with Crippen LogP contribution in [0.5, 0.6) is 0 Å². The summed E-state index contributed by atoms with van der Waals surface area (Å²) in [7, 11) is 0. The van der Waals surface area contributed by atoms with E-state index in [1.165, 1.54) is 37.8 Å². The molecule has 3 aromatic heterocycles. The second kappa shape index (κ2) is 8.26. The standard InChI is InChI=1S/C23H25N5O2S/c1-2-3-6-15-9-11-16(12-10-15)25-19(29)13-28-23(30)27-14-24-22-20(21(27)26-28)17-7-4-5-8-18(17)31-22/h9-12,14H,2-8,13H2,1H3,(H,25,29). The molecule has 160 valence electrons. The highest BCUT2D eigenvalue weighted by molar-refractivity contribution is 7.19. The molecule has 0 bridgehead atoms. The molecule has 0 unspecified atom stereocenters. The maximum absolute atomic E-state index is 12.8. The summed E-state index contributed by atoms with van der Waals surface area (Å²) in [6, 6.07) is 7.87. The molecule has 0 saturated heterocycles. The summed E-state index contributed by atoms with van der Waals surface area (Å²) in [5.41, 5.74) is 3.51. The van der Waals surface area contributed by atoms with Crippen LogP contribution in [0.1, 0.15) is 48.6 Å². The largest absolute Gasteiger partial charge is 0.352 e. The van der Waals surface area contributed by atoms with Crippen molar-refractivity contribution in [2.24, 2.45) is 0 Å². The zero-order valence-electron chi connectivity index (χ0n) is 17.6. The van der Waals surface area contributed by atoms with E-state index in [0.29, 0.717) is 5.65 Å². The summed E-state index contributed by atoms with van der Waals surface area (Å²) in [4.78, 5) is 32.2. The van der Waals surface area contributed by atoms with Crippen molar-refractivity contribution in [2.45, 2.75) is 58.4 Å². The quantitative estimate of drug-likeness (QED) is 0.497. The molecule has 0 aliphatic heterocycles. The molecular weight excluding hydrogens is 410 g/mol. The lowest BCUT2D eigenvalue weighted by atomic mass is 9.97. The van der Waals surface area contributed by atoms with Crippen molar-refractivity contribution in [1.29, 1.82) is 0 Å². The molecule has 4 aromatic rings. The van der Waals surface area contributed by atoms with Crippen LogP contribution < -0.4 is 11.0 Å². The van der Waals surface area contributed by atoms with Crippen LogP contribution in [0.15, 0.2) is 35.4 Å². The first-order valence-corrected chi connectivity index (χ1v) is 11.7. The van der Waals surface area contributed by atoms with Gasteiger partial charge in [-0.3, -0.25) is 4.79 Å². The van der Waals surface area contributed by atoms with Gasteiger partial charge in [0.25, 0.3) is 0 Å². The van der Waals surface area contributed by atoms with Crippen molar-refractivity contribution in [3.8, 4) is 0 Å². The Morgan fingerprint density at radius 3 is 2.81 bits per heavy atom. The first-order valence-electron chi connectivity index (χ1n) is 10.9. The van der Waals surface area contributed by atoms with Gasteiger partial charge in [-0.2, -0.15) is 0 Å². The Hall–Kier alpha value is -3.00. The number of benzene rings is 1. The first-order chi connectivity index (χ1) is 15.1. The van der Waals surface area contributed by atoms with Gasteiger partial charge < -0.3 is 5.32 Å². The number of amides is 1. The van der Waals surface area contributed by atoms with Crippen molar-refractivity contribution in [3.05, 3.63) is 57.1 Å². The molecule has 7 nitrogen and oxygen atoms in total. The van der Waals surface area contributed by atoms with Crippen molar-refractivity contribution in [2.75, 3.05) is 5.32 Å². The lowest BCUT2D eigenvalue weighted by Crippen LogP contribution is -2.28. The van der Waals surface area contributed by atoms with Gasteiger partial charge in [-0.1, -0.05) is 25.5 Å². The minimum absolute atomic E-state index is 0.133. The molecule has 1 aliphatic carbocycles. The lowest BCUT2D eigenvalue weighted by molar-refractivity contribution is -0.117. The van der Waals surface area contributed by atoms with E-state index < -0.39 is 0 Å². The minimum Gasteiger partial charge on any atom is -0.324 e. The van der Waals surface area contributed by atoms with E-state index in [2.05, 4.69) is 22.3 Å². The number of rotatable bonds is 6. The number of carbonyl (C=O) groups is 1. The third kappa shape index (κ3) is 3.76. The van der Waals surface area contributed by atoms with Crippen molar-refractivity contribution >= 4 is 38.8 Å². The minimum atomic E-state index is -0.342. The highest BCUT2D eigenvalue weighted by Crippen LogP contribution is 2.36. The Morgan fingerprint density at radius 1 is 1.19 bits per heavy atom. The molecular formula is C23H25N5O2S. The number of nitrogens with one attached hydrogen (secondary N) is 1. The Bertz CT molecular complexity index is 1320. The lowest BCUT2D eigenvalue weighted by Gasteiger charge is -2.09. The maximum Gasteiger partial charge on any atom is 0.352 e. The van der Waals surface area contributed by atoms with Gasteiger partial charge in [0.05, 0.1) is 5.39 Å². The van der Waals surface area contributed by atoms with E-state index in [1.54, 1.807) is 11.3 Å². The number of aryl methyl sites for hydroxylation is 3. The zero-order valence-corrected chi connectivity index (χ0v) is 18.4. The number of unbranched alkanes of at least 4 members (excludes halogenated alkanes) is 1. The highest BCUT2D eigenvalue weighted by atomic mass is 32.1. The smallest absolute Gasteiger partial charge is 0.324 e. The van der Waals surface area contributed by atoms with Crippen LogP contribution in [0.3, 0.4) is 0 Å². The predicted molar refractivity (Wildman–Crippen MR) is 123 cm³/mol. The molecule has 5 rings (SSSR count). The van der Waals surface area contributed by atoms with Crippen molar-refractivity contribution < 1.29 is 4.79 Å². The fraction of sp³-hybridized carbons (Fsp3) is 0.391. The SMILES string of the molecule is CCCCc1ccc(NC(=O)Cn2nc3c4c5c(sc4ncn3c2=O)CCCC5)cc1. The Morgan fingerprint density at radius 2 is 2.00 bits per heavy atom. The topological polar surface area (TPSA) is 81.3 Å². The molecule has 31 heavy (non-hydrogen) atoms. The molecule has 1 aliphatic rings. The van der Waals surface area contributed by atoms with Crippen LogP contribution in [0.25, 0.3) is 15.9 Å². The van der Waals surface area contributed by atoms with E-state index in [0.717, 1.165) is 54.4 Å². The Kier molecular flexibility index (Phi) is 5.31. The molecule has 3 heterocycles. The van der Waals surface area contributed by atoms with Crippen LogP contribution in [-0.2, 0) is 30.6 Å². The summed E-state index contributed by atoms with van der Waals surface area (Å²) in [6.07, 6.45) is 9.26. The molecule has 0 radical (unpaired) electrons. The predicted octanol–water partition coefficient (Wildman–Crippen LogP) is 3.97. The molecule has 8 heteroatoms. The van der Waals surface area contributed by atoms with Gasteiger partial charge >= 0.3 is 5.69 Å². The van der Waals surface area contributed by atoms with E-state index in [-0.39, 0.29) is 18.1 Å². The van der Waals surface area contributed by atoms with Crippen LogP contribution in [0.4, 0.5) is 5.69 Å². The fourth-order valence-corrected chi connectivity index (χ4v) is 5.48. The number of hydrogen-bond donors (Lipinski definition) is 1. The van der Waals surface area contributed by atoms with Gasteiger partial charge in [0, 0.05) is 10.6 Å². The number of nitrogens with zero attached hydrogens (tertiary/aromatic N) is 4. The molecule has 0 spiro atoms. The molecule has 0 atom stereocenters. The average molecular weight is 436 g/mol. The number of hydrogen-bond acceptors (Lipinski definition) is 5. The van der Waals surface area contributed by atoms with Crippen molar-refractivity contribution in [1.82, 2.24) is 19.2 Å². The molecule has 0 fully saturated rings. The Balaban J connectivity index is 1.39. The summed E-state index contributed by atoms with van der Waals surface area (Å²) in [5.74, 6) is -0.275. The van der Waals surface area contributed by atoms with Gasteiger partial charge in [-0.05, 0) is 61.8 Å². The fourth-order valence-electron chi connectivity index (χ4n) is 4.25. The van der Waals surface area contributed by atoms with E-state index in [1.807, 2.05) is 24.3 Å². The van der Waals surface area contributed by atoms with Crippen LogP contribution in [-0.4, -0.2) is 25.1 Å². The monoisotopic (exact) mass is 435 g/mol. The summed E-state index contributed by atoms with van der Waals surface area (Å²) >= 11 is 1.70. The normalized spacial score (nSPS) is 13.6. The van der Waals surface area contributed by atoms with Crippen LogP contribution >= 0.6 is 11.3 Å². The van der Waals surface area contributed by atoms with E-state index in [9.17, 15) is 9.59 Å². The third-order valence-electron chi connectivity index (χ3n) is 5.89. The number of carbonyl (C=O) groups excluding carboxylic acids is 1. The number of aromatic nitrogens is 4. The van der Waals surface area contributed by atoms with Gasteiger partial charge in [0.1, 0.15) is 17.7 Å². The second-order valence-electron chi connectivity index (χ2n) is 8.12. The number of fused-ring (bicyclic) bond motifs is 5. The van der Waals surface area contributed by atoms with E-state index in [4.69, 9.17) is 0 Å². The Labute approximate surface area is 183 Å². The van der Waals surface area contributed by atoms with Gasteiger partial charge in [0.2, 0.25) is 5.91 Å². The van der Waals surface area contributed by atoms with Crippen LogP contribution in [0, 0.1) is 0 Å². The van der Waals surface area contributed by atoms with Crippen molar-refractivity contribution in [3.63, 3.8) is 0 Å². The number of anilines is 1. The molecule has 1 aromatic carbocycles. The first kappa shape index (κ1) is 19.9. The van der Waals surface area contributed by atoms with Gasteiger partial charge in [-0.25, -0.2) is 18.9 Å². The van der Waals surface area contributed by atoms with Gasteiger partial charge in [-0.15, -0.1) is 16.4 Å². The summed E-state index contributed by atoms with van der Waals surface area (Å²) in [6.45, 7) is 2.04. The number of thiophene rings is 1. The zero-order chi connectivity index (χ0) is 21.4. The maximum atomic E-state index is 12.8. The second-order valence-corrected chi connectivity index (χ2v) is 9.20. The van der Waals surface area contributed by atoms with Crippen LogP contribution in [0.2, 0.25) is 0 Å².